The Balaban J connectivity index is 1.76. The van der Waals surface area contributed by atoms with Crippen LogP contribution in [0, 0.1) is 6.92 Å². The zero-order valence-corrected chi connectivity index (χ0v) is 16.4. The minimum absolute atomic E-state index is 0.0156. The normalized spacial score (nSPS) is 12.9. The van der Waals surface area contributed by atoms with Crippen molar-refractivity contribution >= 4 is 5.91 Å². The lowest BCUT2D eigenvalue weighted by molar-refractivity contribution is -0.121. The van der Waals surface area contributed by atoms with Crippen molar-refractivity contribution in [3.05, 3.63) is 101 Å². The first-order valence-corrected chi connectivity index (χ1v) is 9.70. The Kier molecular flexibility index (Phi) is 6.49. The molecule has 2 N–H and O–H groups in total. The first kappa shape index (κ1) is 19.7. The SMILES string of the molecule is Cc1ccc(O)c(C(CC(=O)NC(C)Cc2ccccc2)c2ccccc2)c1. The first-order valence-electron chi connectivity index (χ1n) is 9.70. The van der Waals surface area contributed by atoms with Gasteiger partial charge in [0.15, 0.2) is 0 Å². The Hall–Kier alpha value is -3.07. The molecular formula is C25H27NO2. The second-order valence-corrected chi connectivity index (χ2v) is 7.39. The smallest absolute Gasteiger partial charge is 0.221 e. The zero-order chi connectivity index (χ0) is 19.9. The molecule has 0 fully saturated rings. The highest BCUT2D eigenvalue weighted by Gasteiger charge is 2.22. The number of amides is 1. The van der Waals surface area contributed by atoms with Crippen LogP contribution in [0.5, 0.6) is 5.75 Å². The average Bonchev–Trinajstić information content (AvgIpc) is 2.69. The van der Waals surface area contributed by atoms with Gasteiger partial charge in [-0.1, -0.05) is 78.4 Å². The fourth-order valence-electron chi connectivity index (χ4n) is 3.58. The highest BCUT2D eigenvalue weighted by atomic mass is 16.3. The van der Waals surface area contributed by atoms with Crippen molar-refractivity contribution < 1.29 is 9.90 Å². The Morgan fingerprint density at radius 2 is 1.61 bits per heavy atom. The molecular weight excluding hydrogens is 346 g/mol. The highest BCUT2D eigenvalue weighted by molar-refractivity contribution is 5.78. The van der Waals surface area contributed by atoms with Crippen LogP contribution in [0.25, 0.3) is 0 Å². The molecule has 2 atom stereocenters. The number of benzene rings is 3. The summed E-state index contributed by atoms with van der Waals surface area (Å²) in [4.78, 5) is 12.8. The summed E-state index contributed by atoms with van der Waals surface area (Å²) < 4.78 is 0. The first-order chi connectivity index (χ1) is 13.5. The quantitative estimate of drug-likeness (QED) is 0.614. The van der Waals surface area contributed by atoms with Crippen molar-refractivity contribution in [1.29, 1.82) is 0 Å². The van der Waals surface area contributed by atoms with E-state index in [0.29, 0.717) is 6.42 Å². The van der Waals surface area contributed by atoms with Crippen LogP contribution < -0.4 is 5.32 Å². The number of aromatic hydroxyl groups is 1. The maximum atomic E-state index is 12.8. The van der Waals surface area contributed by atoms with Gasteiger partial charge in [0.05, 0.1) is 0 Å². The van der Waals surface area contributed by atoms with Crippen molar-refractivity contribution in [3.8, 4) is 5.75 Å². The molecule has 0 aliphatic heterocycles. The lowest BCUT2D eigenvalue weighted by Gasteiger charge is -2.21. The molecule has 0 bridgehead atoms. The molecule has 0 aromatic heterocycles. The number of carbonyl (C=O) groups is 1. The summed E-state index contributed by atoms with van der Waals surface area (Å²) in [5, 5.41) is 13.5. The van der Waals surface area contributed by atoms with Crippen LogP contribution in [-0.2, 0) is 11.2 Å². The van der Waals surface area contributed by atoms with E-state index < -0.39 is 0 Å². The van der Waals surface area contributed by atoms with Crippen molar-refractivity contribution in [2.45, 2.75) is 38.6 Å². The number of carbonyl (C=O) groups excluding carboxylic acids is 1. The number of rotatable bonds is 7. The molecule has 3 aromatic rings. The lowest BCUT2D eigenvalue weighted by atomic mass is 9.87. The van der Waals surface area contributed by atoms with Crippen LogP contribution in [0.4, 0.5) is 0 Å². The van der Waals surface area contributed by atoms with Crippen LogP contribution in [0.1, 0.15) is 41.5 Å². The Morgan fingerprint density at radius 1 is 0.964 bits per heavy atom. The maximum absolute atomic E-state index is 12.8. The summed E-state index contributed by atoms with van der Waals surface area (Å²) in [6.45, 7) is 4.01. The van der Waals surface area contributed by atoms with Gasteiger partial charge in [-0.15, -0.1) is 0 Å². The van der Waals surface area contributed by atoms with Crippen LogP contribution in [0.2, 0.25) is 0 Å². The van der Waals surface area contributed by atoms with Gasteiger partial charge in [-0.3, -0.25) is 4.79 Å². The van der Waals surface area contributed by atoms with E-state index in [-0.39, 0.29) is 23.6 Å². The molecule has 0 radical (unpaired) electrons. The van der Waals surface area contributed by atoms with Gasteiger partial charge in [0.25, 0.3) is 0 Å². The topological polar surface area (TPSA) is 49.3 Å². The van der Waals surface area contributed by atoms with Crippen LogP contribution in [-0.4, -0.2) is 17.1 Å². The third-order valence-corrected chi connectivity index (χ3v) is 4.94. The molecule has 1 amide bonds. The molecule has 3 aromatic carbocycles. The molecule has 2 unspecified atom stereocenters. The average molecular weight is 373 g/mol. The fraction of sp³-hybridized carbons (Fsp3) is 0.240. The number of hydrogen-bond donors (Lipinski definition) is 2. The molecule has 0 saturated heterocycles. The largest absolute Gasteiger partial charge is 0.508 e. The van der Waals surface area contributed by atoms with Crippen molar-refractivity contribution in [2.75, 3.05) is 0 Å². The monoisotopic (exact) mass is 373 g/mol. The van der Waals surface area contributed by atoms with Gasteiger partial charge in [0, 0.05) is 23.9 Å². The van der Waals surface area contributed by atoms with Gasteiger partial charge in [-0.2, -0.15) is 0 Å². The van der Waals surface area contributed by atoms with E-state index in [0.717, 1.165) is 23.1 Å². The van der Waals surface area contributed by atoms with Crippen molar-refractivity contribution in [2.24, 2.45) is 0 Å². The van der Waals surface area contributed by atoms with E-state index >= 15 is 0 Å². The molecule has 28 heavy (non-hydrogen) atoms. The molecule has 0 heterocycles. The fourth-order valence-corrected chi connectivity index (χ4v) is 3.58. The molecule has 0 aliphatic carbocycles. The summed E-state index contributed by atoms with van der Waals surface area (Å²) in [5.41, 5.74) is 4.07. The number of aryl methyl sites for hydroxylation is 1. The van der Waals surface area contributed by atoms with Crippen molar-refractivity contribution in [3.63, 3.8) is 0 Å². The lowest BCUT2D eigenvalue weighted by Crippen LogP contribution is -2.35. The van der Waals surface area contributed by atoms with E-state index in [1.165, 1.54) is 5.56 Å². The van der Waals surface area contributed by atoms with Crippen molar-refractivity contribution in [1.82, 2.24) is 5.32 Å². The third kappa shape index (κ3) is 5.23. The Morgan fingerprint density at radius 3 is 2.29 bits per heavy atom. The van der Waals surface area contributed by atoms with Gasteiger partial charge >= 0.3 is 0 Å². The zero-order valence-electron chi connectivity index (χ0n) is 16.4. The molecule has 3 nitrogen and oxygen atoms in total. The third-order valence-electron chi connectivity index (χ3n) is 4.94. The Bertz CT molecular complexity index is 906. The molecule has 3 heteroatoms. The summed E-state index contributed by atoms with van der Waals surface area (Å²) in [7, 11) is 0. The molecule has 0 spiro atoms. The molecule has 3 rings (SSSR count). The van der Waals surface area contributed by atoms with E-state index in [1.54, 1.807) is 6.07 Å². The van der Waals surface area contributed by atoms with Crippen LogP contribution >= 0.6 is 0 Å². The minimum Gasteiger partial charge on any atom is -0.508 e. The second kappa shape index (κ2) is 9.23. The van der Waals surface area contributed by atoms with Gasteiger partial charge in [0.2, 0.25) is 5.91 Å². The summed E-state index contributed by atoms with van der Waals surface area (Å²) >= 11 is 0. The second-order valence-electron chi connectivity index (χ2n) is 7.39. The molecule has 144 valence electrons. The molecule has 0 aliphatic rings. The minimum atomic E-state index is -0.190. The van der Waals surface area contributed by atoms with Gasteiger partial charge in [-0.25, -0.2) is 0 Å². The number of phenolic OH excluding ortho intramolecular Hbond substituents is 1. The predicted molar refractivity (Wildman–Crippen MR) is 113 cm³/mol. The van der Waals surface area contributed by atoms with E-state index in [1.807, 2.05) is 74.5 Å². The number of hydrogen-bond acceptors (Lipinski definition) is 2. The van der Waals surface area contributed by atoms with Crippen LogP contribution in [0.3, 0.4) is 0 Å². The number of nitrogens with one attached hydrogen (secondary N) is 1. The number of phenols is 1. The van der Waals surface area contributed by atoms with Gasteiger partial charge in [-0.05, 0) is 37.5 Å². The predicted octanol–water partition coefficient (Wildman–Crippen LogP) is 4.97. The standard InChI is InChI=1S/C25H27NO2/c1-18-13-14-24(27)23(15-18)22(21-11-7-4-8-12-21)17-25(28)26-19(2)16-20-9-5-3-6-10-20/h3-15,19,22,27H,16-17H2,1-2H3,(H,26,28). The summed E-state index contributed by atoms with van der Waals surface area (Å²) in [5.74, 6) is 0.0211. The van der Waals surface area contributed by atoms with E-state index in [2.05, 4.69) is 17.4 Å². The maximum Gasteiger partial charge on any atom is 0.221 e. The summed E-state index contributed by atoms with van der Waals surface area (Å²) in [6.07, 6.45) is 1.08. The highest BCUT2D eigenvalue weighted by Crippen LogP contribution is 2.34. The Labute approximate surface area is 167 Å². The van der Waals surface area contributed by atoms with Crippen LogP contribution in [0.15, 0.2) is 78.9 Å². The van der Waals surface area contributed by atoms with E-state index in [4.69, 9.17) is 0 Å². The summed E-state index contributed by atoms with van der Waals surface area (Å²) in [6, 6.07) is 25.6. The molecule has 0 saturated carbocycles. The van der Waals surface area contributed by atoms with Gasteiger partial charge < -0.3 is 10.4 Å². The van der Waals surface area contributed by atoms with E-state index in [9.17, 15) is 9.90 Å². The van der Waals surface area contributed by atoms with Gasteiger partial charge in [0.1, 0.15) is 5.75 Å².